The zero-order valence-corrected chi connectivity index (χ0v) is 11.6. The first kappa shape index (κ1) is 15.9. The van der Waals surface area contributed by atoms with Gasteiger partial charge in [0.1, 0.15) is 0 Å². The minimum absolute atomic E-state index is 0.115. The molecular weight excluding hydrogens is 220 g/mol. The standard InChI is InChI=1S/C13H24O4/c1-12(2,3)7-9(10(14)15)8-17-11(16)13(4,5)6/h9H,7-8H2,1-6H3,(H,14,15)/p-1. The number of carbonyl (C=O) groups is 2. The third kappa shape index (κ3) is 6.97. The highest BCUT2D eigenvalue weighted by atomic mass is 16.5. The number of ether oxygens (including phenoxy) is 1. The van der Waals surface area contributed by atoms with E-state index in [1.165, 1.54) is 0 Å². The van der Waals surface area contributed by atoms with Crippen LogP contribution < -0.4 is 5.11 Å². The fraction of sp³-hybridized carbons (Fsp3) is 0.846. The lowest BCUT2D eigenvalue weighted by Gasteiger charge is -2.27. The Hall–Kier alpha value is -1.06. The van der Waals surface area contributed by atoms with Crippen LogP contribution in [0.3, 0.4) is 0 Å². The summed E-state index contributed by atoms with van der Waals surface area (Å²) >= 11 is 0. The Labute approximate surface area is 103 Å². The number of carboxylic acid groups (broad SMARTS) is 1. The van der Waals surface area contributed by atoms with E-state index in [1.54, 1.807) is 20.8 Å². The molecule has 4 nitrogen and oxygen atoms in total. The number of aliphatic carboxylic acids is 1. The maximum atomic E-state index is 11.5. The summed E-state index contributed by atoms with van der Waals surface area (Å²) in [7, 11) is 0. The van der Waals surface area contributed by atoms with Crippen LogP contribution in [0.2, 0.25) is 0 Å². The molecule has 0 fully saturated rings. The topological polar surface area (TPSA) is 66.4 Å². The summed E-state index contributed by atoms with van der Waals surface area (Å²) in [5, 5.41) is 10.9. The van der Waals surface area contributed by atoms with Crippen molar-refractivity contribution in [3.05, 3.63) is 0 Å². The van der Waals surface area contributed by atoms with Crippen molar-refractivity contribution in [1.29, 1.82) is 0 Å². The lowest BCUT2D eigenvalue weighted by atomic mass is 9.85. The molecule has 0 rings (SSSR count). The zero-order valence-electron chi connectivity index (χ0n) is 11.6. The van der Waals surface area contributed by atoms with Gasteiger partial charge in [0.05, 0.1) is 12.0 Å². The Morgan fingerprint density at radius 1 is 1.12 bits per heavy atom. The summed E-state index contributed by atoms with van der Waals surface area (Å²) in [6, 6.07) is 0. The molecule has 0 aromatic heterocycles. The third-order valence-electron chi connectivity index (χ3n) is 2.22. The van der Waals surface area contributed by atoms with Gasteiger partial charge in [0.2, 0.25) is 0 Å². The quantitative estimate of drug-likeness (QED) is 0.700. The van der Waals surface area contributed by atoms with Crippen molar-refractivity contribution in [2.24, 2.45) is 16.7 Å². The van der Waals surface area contributed by atoms with Crippen LogP contribution in [0.5, 0.6) is 0 Å². The summed E-state index contributed by atoms with van der Waals surface area (Å²) in [5.74, 6) is -2.31. The van der Waals surface area contributed by atoms with Crippen LogP contribution >= 0.6 is 0 Å². The first-order valence-electron chi connectivity index (χ1n) is 5.81. The molecule has 0 amide bonds. The van der Waals surface area contributed by atoms with Gasteiger partial charge in [-0.3, -0.25) is 4.79 Å². The first-order valence-corrected chi connectivity index (χ1v) is 5.81. The summed E-state index contributed by atoms with van der Waals surface area (Å²) in [6.07, 6.45) is 0.423. The van der Waals surface area contributed by atoms with E-state index < -0.39 is 23.3 Å². The van der Waals surface area contributed by atoms with Crippen molar-refractivity contribution in [3.63, 3.8) is 0 Å². The van der Waals surface area contributed by atoms with Gasteiger partial charge >= 0.3 is 5.97 Å². The van der Waals surface area contributed by atoms with Crippen LogP contribution in [-0.4, -0.2) is 18.5 Å². The average Bonchev–Trinajstić information content (AvgIpc) is 2.07. The molecule has 0 spiro atoms. The monoisotopic (exact) mass is 243 g/mol. The number of hydrogen-bond donors (Lipinski definition) is 0. The maximum absolute atomic E-state index is 11.5. The van der Waals surface area contributed by atoms with E-state index in [4.69, 9.17) is 4.74 Å². The SMILES string of the molecule is CC(C)(C)CC(COC(=O)C(C)(C)C)C(=O)[O-]. The molecule has 0 aromatic carbocycles. The van der Waals surface area contributed by atoms with Gasteiger partial charge in [0.15, 0.2) is 0 Å². The molecule has 0 bridgehead atoms. The van der Waals surface area contributed by atoms with Crippen LogP contribution in [0.25, 0.3) is 0 Å². The van der Waals surface area contributed by atoms with Crippen LogP contribution in [0.15, 0.2) is 0 Å². The van der Waals surface area contributed by atoms with E-state index in [1.807, 2.05) is 20.8 Å². The minimum atomic E-state index is -1.17. The Balaban J connectivity index is 4.40. The molecule has 0 aliphatic carbocycles. The van der Waals surface area contributed by atoms with Gasteiger partial charge in [-0.15, -0.1) is 0 Å². The highest BCUT2D eigenvalue weighted by molar-refractivity contribution is 5.76. The van der Waals surface area contributed by atoms with Crippen molar-refractivity contribution >= 4 is 11.9 Å². The molecule has 0 saturated carbocycles. The van der Waals surface area contributed by atoms with Crippen molar-refractivity contribution < 1.29 is 19.4 Å². The second kappa shape index (κ2) is 5.52. The van der Waals surface area contributed by atoms with Gasteiger partial charge in [-0.25, -0.2) is 0 Å². The van der Waals surface area contributed by atoms with Gasteiger partial charge < -0.3 is 14.6 Å². The second-order valence-corrected chi connectivity index (χ2v) is 6.63. The average molecular weight is 243 g/mol. The number of rotatable bonds is 4. The molecule has 1 atom stereocenters. The number of hydrogen-bond acceptors (Lipinski definition) is 4. The number of esters is 1. The molecule has 100 valence electrons. The van der Waals surface area contributed by atoms with Gasteiger partial charge in [-0.1, -0.05) is 20.8 Å². The fourth-order valence-electron chi connectivity index (χ4n) is 1.34. The van der Waals surface area contributed by atoms with Gasteiger partial charge in [-0.2, -0.15) is 0 Å². The van der Waals surface area contributed by atoms with Gasteiger partial charge in [0.25, 0.3) is 0 Å². The normalized spacial score (nSPS) is 14.2. The first-order chi connectivity index (χ1) is 7.43. The van der Waals surface area contributed by atoms with E-state index >= 15 is 0 Å². The predicted octanol–water partition coefficient (Wildman–Crippen LogP) is 1.38. The van der Waals surface area contributed by atoms with E-state index in [2.05, 4.69) is 0 Å². The number of carbonyl (C=O) groups excluding carboxylic acids is 2. The molecule has 0 saturated heterocycles. The zero-order chi connectivity index (χ0) is 13.9. The largest absolute Gasteiger partial charge is 0.550 e. The Morgan fingerprint density at radius 3 is 1.88 bits per heavy atom. The maximum Gasteiger partial charge on any atom is 0.311 e. The van der Waals surface area contributed by atoms with Crippen LogP contribution in [0, 0.1) is 16.7 Å². The highest BCUT2D eigenvalue weighted by Crippen LogP contribution is 2.25. The van der Waals surface area contributed by atoms with Gasteiger partial charge in [0, 0.05) is 11.9 Å². The molecule has 0 N–H and O–H groups in total. The van der Waals surface area contributed by atoms with Crippen molar-refractivity contribution in [3.8, 4) is 0 Å². The lowest BCUT2D eigenvalue weighted by Crippen LogP contribution is -2.38. The molecule has 0 aliphatic heterocycles. The van der Waals surface area contributed by atoms with Crippen LogP contribution in [0.4, 0.5) is 0 Å². The van der Waals surface area contributed by atoms with Crippen molar-refractivity contribution in [1.82, 2.24) is 0 Å². The molecular formula is C13H23O4-. The molecule has 17 heavy (non-hydrogen) atoms. The van der Waals surface area contributed by atoms with Crippen molar-refractivity contribution in [2.75, 3.05) is 6.61 Å². The summed E-state index contributed by atoms with van der Waals surface area (Å²) in [4.78, 5) is 22.5. The van der Waals surface area contributed by atoms with Crippen LogP contribution in [0.1, 0.15) is 48.0 Å². The highest BCUT2D eigenvalue weighted by Gasteiger charge is 2.26. The van der Waals surface area contributed by atoms with Crippen LogP contribution in [-0.2, 0) is 14.3 Å². The third-order valence-corrected chi connectivity index (χ3v) is 2.22. The van der Waals surface area contributed by atoms with E-state index in [-0.39, 0.29) is 12.0 Å². The Bertz CT molecular complexity index is 281. The summed E-state index contributed by atoms with van der Waals surface area (Å²) in [6.45, 7) is 10.9. The summed E-state index contributed by atoms with van der Waals surface area (Å²) in [5.41, 5.74) is -0.753. The molecule has 0 heterocycles. The summed E-state index contributed by atoms with van der Waals surface area (Å²) < 4.78 is 5.02. The fourth-order valence-corrected chi connectivity index (χ4v) is 1.34. The molecule has 4 heteroatoms. The lowest BCUT2D eigenvalue weighted by molar-refractivity contribution is -0.313. The van der Waals surface area contributed by atoms with E-state index in [0.29, 0.717) is 6.42 Å². The Kier molecular flexibility index (Phi) is 5.17. The van der Waals surface area contributed by atoms with Gasteiger partial charge in [-0.05, 0) is 32.6 Å². The second-order valence-electron chi connectivity index (χ2n) is 6.63. The Morgan fingerprint density at radius 2 is 1.59 bits per heavy atom. The molecule has 0 radical (unpaired) electrons. The molecule has 0 aliphatic rings. The number of carboxylic acids is 1. The predicted molar refractivity (Wildman–Crippen MR) is 63.0 cm³/mol. The van der Waals surface area contributed by atoms with Crippen molar-refractivity contribution in [2.45, 2.75) is 48.0 Å². The smallest absolute Gasteiger partial charge is 0.311 e. The van der Waals surface area contributed by atoms with E-state index in [9.17, 15) is 14.7 Å². The minimum Gasteiger partial charge on any atom is -0.550 e. The molecule has 1 unspecified atom stereocenters. The molecule has 0 aromatic rings. The van der Waals surface area contributed by atoms with E-state index in [0.717, 1.165) is 0 Å².